The number of hydrogen-bond donors (Lipinski definition) is 0. The second-order valence-corrected chi connectivity index (χ2v) is 7.76. The summed E-state index contributed by atoms with van der Waals surface area (Å²) in [6.07, 6.45) is 1.57. The number of ether oxygens (including phenoxy) is 1. The average Bonchev–Trinajstić information content (AvgIpc) is 3.38. The molecule has 1 aromatic carbocycles. The number of morpholine rings is 1. The van der Waals surface area contributed by atoms with E-state index < -0.39 is 0 Å². The van der Waals surface area contributed by atoms with Crippen LogP contribution in [0.25, 0.3) is 17.3 Å². The van der Waals surface area contributed by atoms with Gasteiger partial charge in [-0.3, -0.25) is 9.36 Å². The maximum absolute atomic E-state index is 12.5. The Kier molecular flexibility index (Phi) is 5.91. The van der Waals surface area contributed by atoms with Gasteiger partial charge in [0, 0.05) is 13.1 Å². The van der Waals surface area contributed by atoms with Gasteiger partial charge in [0.15, 0.2) is 10.9 Å². The van der Waals surface area contributed by atoms with Gasteiger partial charge in [0.05, 0.1) is 41.0 Å². The third-order valence-corrected chi connectivity index (χ3v) is 5.88. The lowest BCUT2D eigenvalue weighted by atomic mass is 10.3. The summed E-state index contributed by atoms with van der Waals surface area (Å²) in [5, 5.41) is 9.95. The van der Waals surface area contributed by atoms with E-state index in [2.05, 4.69) is 10.2 Å². The summed E-state index contributed by atoms with van der Waals surface area (Å²) >= 11 is 13.6. The SMILES string of the molecule is O=C(CSc1nnc(-c2ccco2)n1-c1ccc(Cl)c(Cl)c1)N1CCOCC1. The third-order valence-electron chi connectivity index (χ3n) is 4.22. The van der Waals surface area contributed by atoms with Gasteiger partial charge in [-0.2, -0.15) is 0 Å². The molecule has 10 heteroatoms. The Bertz CT molecular complexity index is 971. The number of hydrogen-bond acceptors (Lipinski definition) is 6. The quantitative estimate of drug-likeness (QED) is 0.564. The molecule has 3 heterocycles. The van der Waals surface area contributed by atoms with Crippen LogP contribution < -0.4 is 0 Å². The molecule has 1 saturated heterocycles. The lowest BCUT2D eigenvalue weighted by molar-refractivity contribution is -0.132. The highest BCUT2D eigenvalue weighted by atomic mass is 35.5. The van der Waals surface area contributed by atoms with E-state index in [1.54, 1.807) is 40.0 Å². The van der Waals surface area contributed by atoms with Gasteiger partial charge in [0.1, 0.15) is 0 Å². The van der Waals surface area contributed by atoms with E-state index >= 15 is 0 Å². The van der Waals surface area contributed by atoms with Gasteiger partial charge in [-0.1, -0.05) is 35.0 Å². The van der Waals surface area contributed by atoms with Crippen LogP contribution in [0.1, 0.15) is 0 Å². The van der Waals surface area contributed by atoms with Crippen molar-refractivity contribution in [3.63, 3.8) is 0 Å². The molecular formula is C18H16Cl2N4O3S. The van der Waals surface area contributed by atoms with Gasteiger partial charge < -0.3 is 14.1 Å². The molecule has 0 bridgehead atoms. The van der Waals surface area contributed by atoms with Crippen molar-refractivity contribution in [2.75, 3.05) is 32.1 Å². The van der Waals surface area contributed by atoms with Crippen LogP contribution in [0.3, 0.4) is 0 Å². The molecule has 1 amide bonds. The van der Waals surface area contributed by atoms with Crippen LogP contribution in [0.5, 0.6) is 0 Å². The van der Waals surface area contributed by atoms with E-state index in [1.807, 2.05) is 6.07 Å². The first-order valence-electron chi connectivity index (χ1n) is 8.56. The van der Waals surface area contributed by atoms with Crippen molar-refractivity contribution in [1.82, 2.24) is 19.7 Å². The fourth-order valence-corrected chi connectivity index (χ4v) is 3.96. The molecule has 1 fully saturated rings. The number of furan rings is 1. The average molecular weight is 439 g/mol. The van der Waals surface area contributed by atoms with Crippen molar-refractivity contribution < 1.29 is 13.9 Å². The summed E-state index contributed by atoms with van der Waals surface area (Å²) in [4.78, 5) is 14.3. The van der Waals surface area contributed by atoms with E-state index in [9.17, 15) is 4.79 Å². The van der Waals surface area contributed by atoms with Crippen LogP contribution >= 0.6 is 35.0 Å². The lowest BCUT2D eigenvalue weighted by Crippen LogP contribution is -2.41. The van der Waals surface area contributed by atoms with Crippen molar-refractivity contribution in [3.8, 4) is 17.3 Å². The Morgan fingerprint density at radius 3 is 2.68 bits per heavy atom. The molecule has 146 valence electrons. The van der Waals surface area contributed by atoms with E-state index in [4.69, 9.17) is 32.4 Å². The van der Waals surface area contributed by atoms with Gasteiger partial charge in [0.25, 0.3) is 0 Å². The predicted molar refractivity (Wildman–Crippen MR) is 107 cm³/mol. The molecule has 0 unspecified atom stereocenters. The first-order chi connectivity index (χ1) is 13.6. The van der Waals surface area contributed by atoms with Crippen molar-refractivity contribution in [2.24, 2.45) is 0 Å². The number of carbonyl (C=O) groups is 1. The normalized spacial score (nSPS) is 14.4. The third kappa shape index (κ3) is 4.05. The highest BCUT2D eigenvalue weighted by Crippen LogP contribution is 2.31. The van der Waals surface area contributed by atoms with Gasteiger partial charge in [-0.05, 0) is 30.3 Å². The Labute approximate surface area is 175 Å². The second kappa shape index (κ2) is 8.57. The van der Waals surface area contributed by atoms with Crippen molar-refractivity contribution in [3.05, 3.63) is 46.6 Å². The summed E-state index contributed by atoms with van der Waals surface area (Å²) in [7, 11) is 0. The molecule has 7 nitrogen and oxygen atoms in total. The standard InChI is InChI=1S/C18H16Cl2N4O3S/c19-13-4-3-12(10-14(13)20)24-17(15-2-1-7-27-15)21-22-18(24)28-11-16(25)23-5-8-26-9-6-23/h1-4,7,10H,5-6,8-9,11H2. The van der Waals surface area contributed by atoms with Crippen LogP contribution in [0, 0.1) is 0 Å². The first kappa shape index (κ1) is 19.3. The zero-order valence-corrected chi connectivity index (χ0v) is 17.0. The van der Waals surface area contributed by atoms with E-state index in [1.165, 1.54) is 11.8 Å². The summed E-state index contributed by atoms with van der Waals surface area (Å²) in [6.45, 7) is 2.35. The van der Waals surface area contributed by atoms with Crippen molar-refractivity contribution >= 4 is 40.9 Å². The Morgan fingerprint density at radius 1 is 1.14 bits per heavy atom. The molecule has 0 spiro atoms. The van der Waals surface area contributed by atoms with E-state index in [-0.39, 0.29) is 11.7 Å². The minimum atomic E-state index is 0.0385. The summed E-state index contributed by atoms with van der Waals surface area (Å²) in [5.41, 5.74) is 0.729. The Hall–Kier alpha value is -2.00. The topological polar surface area (TPSA) is 73.4 Å². The number of carbonyl (C=O) groups excluding carboxylic acids is 1. The molecule has 3 aromatic rings. The number of benzene rings is 1. The van der Waals surface area contributed by atoms with Crippen LogP contribution in [-0.4, -0.2) is 57.6 Å². The molecule has 1 aliphatic heterocycles. The summed E-state index contributed by atoms with van der Waals surface area (Å²) in [5.74, 6) is 1.36. The first-order valence-corrected chi connectivity index (χ1v) is 10.3. The number of rotatable bonds is 5. The molecule has 2 aromatic heterocycles. The fourth-order valence-electron chi connectivity index (χ4n) is 2.82. The smallest absolute Gasteiger partial charge is 0.233 e. The van der Waals surface area contributed by atoms with Crippen molar-refractivity contribution in [1.29, 1.82) is 0 Å². The molecule has 0 aliphatic carbocycles. The van der Waals surface area contributed by atoms with Gasteiger partial charge in [-0.15, -0.1) is 10.2 Å². The van der Waals surface area contributed by atoms with Gasteiger partial charge in [0.2, 0.25) is 11.7 Å². The molecule has 0 atom stereocenters. The van der Waals surface area contributed by atoms with Crippen LogP contribution in [-0.2, 0) is 9.53 Å². The maximum atomic E-state index is 12.5. The Balaban J connectivity index is 1.63. The van der Waals surface area contributed by atoms with E-state index in [0.717, 1.165) is 5.69 Å². The van der Waals surface area contributed by atoms with Gasteiger partial charge in [-0.25, -0.2) is 0 Å². The number of thioether (sulfide) groups is 1. The van der Waals surface area contributed by atoms with Gasteiger partial charge >= 0.3 is 0 Å². The highest BCUT2D eigenvalue weighted by Gasteiger charge is 2.22. The monoisotopic (exact) mass is 438 g/mol. The summed E-state index contributed by atoms with van der Waals surface area (Å²) < 4.78 is 12.6. The zero-order valence-electron chi connectivity index (χ0n) is 14.7. The summed E-state index contributed by atoms with van der Waals surface area (Å²) in [6, 6.07) is 8.83. The molecule has 0 N–H and O–H groups in total. The van der Waals surface area contributed by atoms with Crippen LogP contribution in [0.15, 0.2) is 46.2 Å². The maximum Gasteiger partial charge on any atom is 0.233 e. The molecule has 0 radical (unpaired) electrons. The van der Waals surface area contributed by atoms with Crippen LogP contribution in [0.4, 0.5) is 0 Å². The molecule has 4 rings (SSSR count). The van der Waals surface area contributed by atoms with E-state index in [0.29, 0.717) is 53.1 Å². The molecule has 28 heavy (non-hydrogen) atoms. The minimum absolute atomic E-state index is 0.0385. The lowest BCUT2D eigenvalue weighted by Gasteiger charge is -2.26. The van der Waals surface area contributed by atoms with Crippen LogP contribution in [0.2, 0.25) is 10.0 Å². The second-order valence-electron chi connectivity index (χ2n) is 6.00. The molecule has 0 saturated carbocycles. The number of nitrogens with zero attached hydrogens (tertiary/aromatic N) is 4. The predicted octanol–water partition coefficient (Wildman–Crippen LogP) is 3.79. The Morgan fingerprint density at radius 2 is 1.96 bits per heavy atom. The number of halogens is 2. The zero-order chi connectivity index (χ0) is 19.5. The fraction of sp³-hybridized carbons (Fsp3) is 0.278. The molecular weight excluding hydrogens is 423 g/mol. The van der Waals surface area contributed by atoms with Crippen molar-refractivity contribution in [2.45, 2.75) is 5.16 Å². The number of amides is 1. The number of aromatic nitrogens is 3. The highest BCUT2D eigenvalue weighted by molar-refractivity contribution is 7.99. The minimum Gasteiger partial charge on any atom is -0.461 e. The largest absolute Gasteiger partial charge is 0.461 e. The molecule has 1 aliphatic rings.